The van der Waals surface area contributed by atoms with E-state index in [9.17, 15) is 4.79 Å². The maximum absolute atomic E-state index is 12.0. The van der Waals surface area contributed by atoms with Gasteiger partial charge in [0.25, 0.3) is 0 Å². The van der Waals surface area contributed by atoms with Crippen LogP contribution in [0.4, 0.5) is 0 Å². The molecule has 0 amide bonds. The van der Waals surface area contributed by atoms with E-state index in [4.69, 9.17) is 4.74 Å². The minimum Gasteiger partial charge on any atom is -0.466 e. The Bertz CT molecular complexity index is 566. The van der Waals surface area contributed by atoms with Gasteiger partial charge in [-0.25, -0.2) is 4.79 Å². The molecule has 0 fully saturated rings. The second-order valence-electron chi connectivity index (χ2n) is 4.83. The molecule has 3 heteroatoms. The first-order valence-corrected chi connectivity index (χ1v) is 8.99. The third-order valence-corrected chi connectivity index (χ3v) is 8.12. The predicted molar refractivity (Wildman–Crippen MR) is 84.9 cm³/mol. The topological polar surface area (TPSA) is 26.3 Å². The van der Waals surface area contributed by atoms with E-state index in [0.29, 0.717) is 5.20 Å². The van der Waals surface area contributed by atoms with Crippen LogP contribution in [0.2, 0.25) is 6.55 Å². The van der Waals surface area contributed by atoms with Crippen molar-refractivity contribution in [1.82, 2.24) is 0 Å². The van der Waals surface area contributed by atoms with Crippen molar-refractivity contribution in [2.24, 2.45) is 0 Å². The average Bonchev–Trinajstić information content (AvgIpc) is 2.54. The van der Waals surface area contributed by atoms with Crippen molar-refractivity contribution in [2.75, 3.05) is 7.11 Å². The predicted octanol–water partition coefficient (Wildman–Crippen LogP) is 2.15. The molecule has 0 aliphatic heterocycles. The molecule has 0 spiro atoms. The lowest BCUT2D eigenvalue weighted by molar-refractivity contribution is -0.135. The normalized spacial score (nSPS) is 10.9. The van der Waals surface area contributed by atoms with Crippen LogP contribution in [0.15, 0.2) is 72.4 Å². The van der Waals surface area contributed by atoms with Crippen molar-refractivity contribution in [2.45, 2.75) is 6.55 Å². The minimum absolute atomic E-state index is 0.327. The van der Waals surface area contributed by atoms with E-state index in [1.807, 2.05) is 36.4 Å². The van der Waals surface area contributed by atoms with Crippen molar-refractivity contribution < 1.29 is 9.53 Å². The molecule has 0 aromatic heterocycles. The van der Waals surface area contributed by atoms with Crippen LogP contribution in [-0.4, -0.2) is 21.2 Å². The third-order valence-electron chi connectivity index (χ3n) is 3.74. The number of hydrogen-bond acceptors (Lipinski definition) is 2. The van der Waals surface area contributed by atoms with Gasteiger partial charge in [-0.3, -0.25) is 0 Å². The van der Waals surface area contributed by atoms with E-state index >= 15 is 0 Å². The summed E-state index contributed by atoms with van der Waals surface area (Å²) >= 11 is 0. The van der Waals surface area contributed by atoms with Gasteiger partial charge in [0.05, 0.1) is 7.11 Å². The fourth-order valence-electron chi connectivity index (χ4n) is 2.39. The van der Waals surface area contributed by atoms with Crippen LogP contribution in [0.5, 0.6) is 0 Å². The Hall–Kier alpha value is -2.13. The Balaban J connectivity index is 2.61. The number of ether oxygens (including phenoxy) is 1. The van der Waals surface area contributed by atoms with Gasteiger partial charge in [0.2, 0.25) is 0 Å². The van der Waals surface area contributed by atoms with Crippen molar-refractivity contribution in [1.29, 1.82) is 0 Å². The Morgan fingerprint density at radius 2 is 1.35 bits per heavy atom. The van der Waals surface area contributed by atoms with Gasteiger partial charge in [0.1, 0.15) is 0 Å². The molecule has 2 rings (SSSR count). The minimum atomic E-state index is -2.36. The molecule has 0 N–H and O–H groups in total. The summed E-state index contributed by atoms with van der Waals surface area (Å²) in [5, 5.41) is 2.88. The quantitative estimate of drug-likeness (QED) is 0.488. The van der Waals surface area contributed by atoms with Gasteiger partial charge in [-0.2, -0.15) is 0 Å². The maximum atomic E-state index is 12.0. The zero-order chi connectivity index (χ0) is 14.6. The van der Waals surface area contributed by atoms with E-state index in [0.717, 1.165) is 10.4 Å². The molecule has 2 nitrogen and oxygen atoms in total. The zero-order valence-electron chi connectivity index (χ0n) is 11.8. The lowest BCUT2D eigenvalue weighted by Gasteiger charge is -2.29. The Kier molecular flexibility index (Phi) is 4.20. The van der Waals surface area contributed by atoms with Crippen LogP contribution in [0, 0.1) is 0 Å². The van der Waals surface area contributed by atoms with Crippen molar-refractivity contribution in [3.8, 4) is 0 Å². The van der Waals surface area contributed by atoms with Gasteiger partial charge in [0, 0.05) is 5.20 Å². The monoisotopic (exact) mass is 282 g/mol. The summed E-state index contributed by atoms with van der Waals surface area (Å²) in [5.74, 6) is -0.327. The number of carbonyl (C=O) groups is 1. The van der Waals surface area contributed by atoms with E-state index < -0.39 is 8.07 Å². The number of methoxy groups -OCH3 is 1. The summed E-state index contributed by atoms with van der Waals surface area (Å²) < 4.78 is 4.90. The van der Waals surface area contributed by atoms with Crippen LogP contribution < -0.4 is 10.4 Å². The Morgan fingerprint density at radius 1 is 0.950 bits per heavy atom. The van der Waals surface area contributed by atoms with E-state index in [1.54, 1.807) is 0 Å². The highest BCUT2D eigenvalue weighted by Crippen LogP contribution is 2.15. The summed E-state index contributed by atoms with van der Waals surface area (Å²) in [6.45, 7) is 6.17. The van der Waals surface area contributed by atoms with Gasteiger partial charge in [-0.05, 0) is 10.4 Å². The van der Waals surface area contributed by atoms with Crippen molar-refractivity contribution in [3.63, 3.8) is 0 Å². The second kappa shape index (κ2) is 5.88. The Morgan fingerprint density at radius 3 is 1.70 bits per heavy atom. The smallest absolute Gasteiger partial charge is 0.329 e. The first-order chi connectivity index (χ1) is 9.60. The summed E-state index contributed by atoms with van der Waals surface area (Å²) in [5.41, 5.74) is 0. The molecule has 0 radical (unpaired) electrons. The summed E-state index contributed by atoms with van der Waals surface area (Å²) in [4.78, 5) is 12.0. The molecule has 0 saturated carbocycles. The lowest BCUT2D eigenvalue weighted by atomic mass is 10.4. The number of esters is 1. The summed E-state index contributed by atoms with van der Waals surface area (Å²) in [6, 6.07) is 20.2. The van der Waals surface area contributed by atoms with Gasteiger partial charge in [-0.1, -0.05) is 73.8 Å². The molecular weight excluding hydrogens is 264 g/mol. The average molecular weight is 282 g/mol. The number of carbonyl (C=O) groups excluding carboxylic acids is 1. The second-order valence-corrected chi connectivity index (χ2v) is 8.84. The summed E-state index contributed by atoms with van der Waals surface area (Å²) in [7, 11) is -0.957. The molecule has 2 aromatic carbocycles. The molecule has 0 aliphatic carbocycles. The van der Waals surface area contributed by atoms with Gasteiger partial charge >= 0.3 is 5.97 Å². The summed E-state index contributed by atoms with van der Waals surface area (Å²) in [6.07, 6.45) is 0. The number of hydrogen-bond donors (Lipinski definition) is 0. The van der Waals surface area contributed by atoms with Crippen LogP contribution in [0.25, 0.3) is 0 Å². The van der Waals surface area contributed by atoms with Crippen molar-refractivity contribution in [3.05, 3.63) is 72.4 Å². The molecule has 20 heavy (non-hydrogen) atoms. The van der Waals surface area contributed by atoms with Crippen molar-refractivity contribution >= 4 is 24.4 Å². The zero-order valence-corrected chi connectivity index (χ0v) is 12.8. The van der Waals surface area contributed by atoms with Gasteiger partial charge in [-0.15, -0.1) is 0 Å². The molecule has 2 aromatic rings. The highest BCUT2D eigenvalue weighted by molar-refractivity contribution is 7.08. The van der Waals surface area contributed by atoms with Crippen LogP contribution in [-0.2, 0) is 9.53 Å². The lowest BCUT2D eigenvalue weighted by Crippen LogP contribution is -2.59. The number of benzene rings is 2. The maximum Gasteiger partial charge on any atom is 0.329 e. The molecule has 0 heterocycles. The van der Waals surface area contributed by atoms with Crippen LogP contribution >= 0.6 is 0 Å². The molecule has 0 atom stereocenters. The molecule has 102 valence electrons. The SMILES string of the molecule is C=C(C(=O)OC)[Si](C)(c1ccccc1)c1ccccc1. The highest BCUT2D eigenvalue weighted by atomic mass is 28.3. The molecule has 0 unspecified atom stereocenters. The fourth-order valence-corrected chi connectivity index (χ4v) is 5.64. The van der Waals surface area contributed by atoms with E-state index in [2.05, 4.69) is 37.4 Å². The highest BCUT2D eigenvalue weighted by Gasteiger charge is 2.38. The molecular formula is C17H18O2Si. The Labute approximate surface area is 120 Å². The third kappa shape index (κ3) is 2.45. The van der Waals surface area contributed by atoms with E-state index in [1.165, 1.54) is 7.11 Å². The van der Waals surface area contributed by atoms with Crippen LogP contribution in [0.1, 0.15) is 0 Å². The van der Waals surface area contributed by atoms with Gasteiger partial charge < -0.3 is 4.74 Å². The van der Waals surface area contributed by atoms with Gasteiger partial charge in [0.15, 0.2) is 8.07 Å². The first kappa shape index (κ1) is 14.3. The fraction of sp³-hybridized carbons (Fsp3) is 0.118. The molecule has 0 saturated heterocycles. The van der Waals surface area contributed by atoms with Crippen LogP contribution in [0.3, 0.4) is 0 Å². The number of rotatable bonds is 4. The molecule has 0 bridgehead atoms. The first-order valence-electron chi connectivity index (χ1n) is 6.49. The van der Waals surface area contributed by atoms with E-state index in [-0.39, 0.29) is 5.97 Å². The largest absolute Gasteiger partial charge is 0.466 e. The molecule has 0 aliphatic rings. The standard InChI is InChI=1S/C17H18O2Si/c1-14(17(18)19-2)20(3,15-10-6-4-7-11-15)16-12-8-5-9-13-16/h4-13H,1H2,2-3H3.